The van der Waals surface area contributed by atoms with Crippen LogP contribution in [0.2, 0.25) is 0 Å². The van der Waals surface area contributed by atoms with E-state index in [-0.39, 0.29) is 11.1 Å². The van der Waals surface area contributed by atoms with Gasteiger partial charge in [-0.05, 0) is 64.9 Å². The normalized spacial score (nSPS) is 12.7. The molecule has 1 aromatic heterocycles. The zero-order valence-electron chi connectivity index (χ0n) is 11.3. The Kier molecular flexibility index (Phi) is 4.08. The van der Waals surface area contributed by atoms with Crippen molar-refractivity contribution in [3.63, 3.8) is 0 Å². The van der Waals surface area contributed by atoms with Crippen LogP contribution in [0.1, 0.15) is 23.4 Å². The highest BCUT2D eigenvalue weighted by atomic mass is 127. The van der Waals surface area contributed by atoms with Crippen molar-refractivity contribution in [2.75, 3.05) is 0 Å². The Hall–Kier alpha value is -1.27. The standard InChI is InChI=1S/C16H13ClINO2/c1-2-19-13-8-5-11(9-14(13)21-16(19)20)15(17)10-3-6-12(18)7-4-10/h3-9,15H,2H2,1H3. The highest BCUT2D eigenvalue weighted by molar-refractivity contribution is 14.1. The van der Waals surface area contributed by atoms with Gasteiger partial charge in [0.1, 0.15) is 0 Å². The van der Waals surface area contributed by atoms with Gasteiger partial charge in [-0.1, -0.05) is 18.2 Å². The quantitative estimate of drug-likeness (QED) is 0.466. The molecule has 0 aliphatic heterocycles. The van der Waals surface area contributed by atoms with E-state index in [0.29, 0.717) is 12.1 Å². The molecular weight excluding hydrogens is 401 g/mol. The number of aryl methyl sites for hydroxylation is 1. The van der Waals surface area contributed by atoms with E-state index >= 15 is 0 Å². The Labute approximate surface area is 140 Å². The lowest BCUT2D eigenvalue weighted by Gasteiger charge is -2.10. The van der Waals surface area contributed by atoms with Crippen molar-refractivity contribution >= 4 is 45.3 Å². The van der Waals surface area contributed by atoms with E-state index in [1.54, 1.807) is 4.57 Å². The number of hydrogen-bond donors (Lipinski definition) is 0. The average Bonchev–Trinajstić information content (AvgIpc) is 2.81. The molecule has 5 heteroatoms. The van der Waals surface area contributed by atoms with Gasteiger partial charge >= 0.3 is 5.76 Å². The van der Waals surface area contributed by atoms with Gasteiger partial charge in [0.15, 0.2) is 5.58 Å². The molecule has 3 rings (SSSR count). The number of halogens is 2. The first kappa shape index (κ1) is 14.7. The third-order valence-electron chi connectivity index (χ3n) is 3.46. The van der Waals surface area contributed by atoms with Gasteiger partial charge in [-0.15, -0.1) is 11.6 Å². The summed E-state index contributed by atoms with van der Waals surface area (Å²) in [4.78, 5) is 11.7. The van der Waals surface area contributed by atoms with Crippen molar-refractivity contribution in [2.24, 2.45) is 0 Å². The van der Waals surface area contributed by atoms with Crippen molar-refractivity contribution in [1.82, 2.24) is 4.57 Å². The van der Waals surface area contributed by atoms with Crippen molar-refractivity contribution < 1.29 is 4.42 Å². The van der Waals surface area contributed by atoms with Gasteiger partial charge < -0.3 is 4.42 Å². The summed E-state index contributed by atoms with van der Waals surface area (Å²) in [6, 6.07) is 13.8. The maximum absolute atomic E-state index is 11.7. The number of aromatic nitrogens is 1. The summed E-state index contributed by atoms with van der Waals surface area (Å²) in [6.07, 6.45) is 0. The fourth-order valence-electron chi connectivity index (χ4n) is 2.36. The maximum atomic E-state index is 11.7. The predicted octanol–water partition coefficient (Wildman–Crippen LogP) is 4.55. The Bertz CT molecular complexity index is 836. The highest BCUT2D eigenvalue weighted by Crippen LogP contribution is 2.31. The van der Waals surface area contributed by atoms with Gasteiger partial charge in [0, 0.05) is 10.1 Å². The smallest absolute Gasteiger partial charge is 0.408 e. The first-order chi connectivity index (χ1) is 10.1. The van der Waals surface area contributed by atoms with E-state index < -0.39 is 0 Å². The van der Waals surface area contributed by atoms with Crippen LogP contribution in [0.15, 0.2) is 51.7 Å². The van der Waals surface area contributed by atoms with Gasteiger partial charge in [0.25, 0.3) is 0 Å². The lowest BCUT2D eigenvalue weighted by Crippen LogP contribution is -2.11. The van der Waals surface area contributed by atoms with Gasteiger partial charge in [-0.3, -0.25) is 4.57 Å². The van der Waals surface area contributed by atoms with Crippen molar-refractivity contribution in [3.05, 3.63) is 67.7 Å². The Morgan fingerprint density at radius 2 is 1.86 bits per heavy atom. The molecule has 1 heterocycles. The summed E-state index contributed by atoms with van der Waals surface area (Å²) in [5.74, 6) is -0.329. The van der Waals surface area contributed by atoms with Crippen LogP contribution in [0.3, 0.4) is 0 Å². The van der Waals surface area contributed by atoms with Crippen LogP contribution in [0.5, 0.6) is 0 Å². The number of fused-ring (bicyclic) bond motifs is 1. The van der Waals surface area contributed by atoms with Crippen LogP contribution in [0.25, 0.3) is 11.1 Å². The highest BCUT2D eigenvalue weighted by Gasteiger charge is 2.14. The fraction of sp³-hybridized carbons (Fsp3) is 0.188. The van der Waals surface area contributed by atoms with Crippen LogP contribution in [0.4, 0.5) is 0 Å². The molecule has 0 saturated carbocycles. The third-order valence-corrected chi connectivity index (χ3v) is 4.69. The van der Waals surface area contributed by atoms with E-state index in [2.05, 4.69) is 22.6 Å². The van der Waals surface area contributed by atoms with E-state index in [1.165, 1.54) is 3.57 Å². The molecule has 3 aromatic rings. The second-order valence-electron chi connectivity index (χ2n) is 4.75. The summed E-state index contributed by atoms with van der Waals surface area (Å²) >= 11 is 8.80. The Morgan fingerprint density at radius 3 is 2.52 bits per heavy atom. The zero-order chi connectivity index (χ0) is 15.0. The van der Waals surface area contributed by atoms with Crippen LogP contribution in [-0.4, -0.2) is 4.57 Å². The van der Waals surface area contributed by atoms with E-state index in [1.807, 2.05) is 49.4 Å². The van der Waals surface area contributed by atoms with Crippen molar-refractivity contribution in [1.29, 1.82) is 0 Å². The molecular formula is C16H13ClINO2. The molecule has 108 valence electrons. The lowest BCUT2D eigenvalue weighted by atomic mass is 10.0. The third kappa shape index (κ3) is 2.74. The Morgan fingerprint density at radius 1 is 1.19 bits per heavy atom. The topological polar surface area (TPSA) is 35.1 Å². The molecule has 0 fully saturated rings. The number of rotatable bonds is 3. The van der Waals surface area contributed by atoms with Crippen LogP contribution in [0, 0.1) is 3.57 Å². The fourth-order valence-corrected chi connectivity index (χ4v) is 3.01. The number of hydrogen-bond acceptors (Lipinski definition) is 2. The molecule has 0 radical (unpaired) electrons. The summed E-state index contributed by atoms with van der Waals surface area (Å²) in [7, 11) is 0. The summed E-state index contributed by atoms with van der Waals surface area (Å²) in [6.45, 7) is 2.51. The Balaban J connectivity index is 2.04. The summed E-state index contributed by atoms with van der Waals surface area (Å²) in [5, 5.41) is -0.262. The van der Waals surface area contributed by atoms with Crippen LogP contribution < -0.4 is 5.76 Å². The number of benzene rings is 2. The average molecular weight is 414 g/mol. The molecule has 0 spiro atoms. The maximum Gasteiger partial charge on any atom is 0.419 e. The molecule has 21 heavy (non-hydrogen) atoms. The number of nitrogens with zero attached hydrogens (tertiary/aromatic N) is 1. The van der Waals surface area contributed by atoms with Crippen molar-refractivity contribution in [2.45, 2.75) is 18.8 Å². The second kappa shape index (κ2) is 5.85. The van der Waals surface area contributed by atoms with Crippen LogP contribution in [-0.2, 0) is 6.54 Å². The molecule has 0 aliphatic rings. The second-order valence-corrected chi connectivity index (χ2v) is 6.44. The summed E-state index contributed by atoms with van der Waals surface area (Å²) in [5.41, 5.74) is 3.32. The SMILES string of the molecule is CCn1c(=O)oc2cc(C(Cl)c3ccc(I)cc3)ccc21. The van der Waals surface area contributed by atoms with Crippen LogP contribution >= 0.6 is 34.2 Å². The van der Waals surface area contributed by atoms with E-state index in [0.717, 1.165) is 16.6 Å². The first-order valence-electron chi connectivity index (χ1n) is 6.63. The zero-order valence-corrected chi connectivity index (χ0v) is 14.3. The largest absolute Gasteiger partial charge is 0.419 e. The predicted molar refractivity (Wildman–Crippen MR) is 93.0 cm³/mol. The van der Waals surface area contributed by atoms with E-state index in [9.17, 15) is 4.79 Å². The van der Waals surface area contributed by atoms with Gasteiger partial charge in [0.2, 0.25) is 0 Å². The summed E-state index contributed by atoms with van der Waals surface area (Å²) < 4.78 is 8.06. The minimum absolute atomic E-state index is 0.262. The molecule has 0 amide bonds. The monoisotopic (exact) mass is 413 g/mol. The number of oxazole rings is 1. The first-order valence-corrected chi connectivity index (χ1v) is 8.14. The molecule has 1 unspecified atom stereocenters. The number of alkyl halides is 1. The van der Waals surface area contributed by atoms with E-state index in [4.69, 9.17) is 16.0 Å². The minimum atomic E-state index is -0.329. The molecule has 0 saturated heterocycles. The molecule has 0 aliphatic carbocycles. The van der Waals surface area contributed by atoms with Gasteiger partial charge in [0.05, 0.1) is 10.9 Å². The molecule has 1 atom stereocenters. The molecule has 0 bridgehead atoms. The van der Waals surface area contributed by atoms with Gasteiger partial charge in [-0.25, -0.2) is 4.79 Å². The van der Waals surface area contributed by atoms with Crippen molar-refractivity contribution in [3.8, 4) is 0 Å². The van der Waals surface area contributed by atoms with Gasteiger partial charge in [-0.2, -0.15) is 0 Å². The molecule has 2 aromatic carbocycles. The lowest BCUT2D eigenvalue weighted by molar-refractivity contribution is 0.513. The molecule has 3 nitrogen and oxygen atoms in total. The molecule has 0 N–H and O–H groups in total. The minimum Gasteiger partial charge on any atom is -0.408 e.